The number of likely N-dealkylation sites (tertiary alicyclic amines) is 1. The number of piperidine rings is 1. The van der Waals surface area contributed by atoms with Crippen LogP contribution in [0.15, 0.2) is 42.6 Å². The molecule has 9 nitrogen and oxygen atoms in total. The highest BCUT2D eigenvalue weighted by Gasteiger charge is 2.36. The van der Waals surface area contributed by atoms with Gasteiger partial charge in [0.2, 0.25) is 0 Å². The highest BCUT2D eigenvalue weighted by molar-refractivity contribution is 6.11. The number of fused-ring (bicyclic) bond motifs is 1. The van der Waals surface area contributed by atoms with E-state index in [0.717, 1.165) is 11.1 Å². The number of benzene rings is 2. The number of aryl methyl sites for hydroxylation is 1. The predicted octanol–water partition coefficient (Wildman–Crippen LogP) is 5.86. The molecule has 0 unspecified atom stereocenters. The molecular weight excluding hydrogens is 531 g/mol. The molecule has 220 valence electrons. The van der Waals surface area contributed by atoms with Crippen molar-refractivity contribution in [3.05, 3.63) is 64.8 Å². The lowest BCUT2D eigenvalue weighted by molar-refractivity contribution is -0.0155. The zero-order valence-corrected chi connectivity index (χ0v) is 24.4. The minimum atomic E-state index is -0.697. The fourth-order valence-corrected chi connectivity index (χ4v) is 5.31. The summed E-state index contributed by atoms with van der Waals surface area (Å²) in [6, 6.07) is 9.93. The van der Waals surface area contributed by atoms with Gasteiger partial charge in [-0.1, -0.05) is 12.1 Å². The molecule has 3 aromatic rings. The average Bonchev–Trinajstić information content (AvgIpc) is 3.40. The molecule has 2 heterocycles. The van der Waals surface area contributed by atoms with Crippen LogP contribution >= 0.6 is 0 Å². The number of aromatic nitrogens is 1. The van der Waals surface area contributed by atoms with E-state index in [1.807, 2.05) is 6.92 Å². The minimum Gasteiger partial charge on any atom is -0.496 e. The van der Waals surface area contributed by atoms with E-state index >= 15 is 0 Å². The second kappa shape index (κ2) is 12.3. The summed E-state index contributed by atoms with van der Waals surface area (Å²) in [5.41, 5.74) is 2.13. The van der Waals surface area contributed by atoms with Gasteiger partial charge < -0.3 is 23.8 Å². The Balaban J connectivity index is 1.77. The van der Waals surface area contributed by atoms with Crippen molar-refractivity contribution in [1.29, 1.82) is 0 Å². The number of alkyl halides is 1. The number of amides is 1. The monoisotopic (exact) mass is 568 g/mol. The maximum atomic E-state index is 14.4. The Morgan fingerprint density at radius 3 is 2.39 bits per heavy atom. The maximum absolute atomic E-state index is 14.4. The molecule has 2 atom stereocenters. The Morgan fingerprint density at radius 2 is 1.78 bits per heavy atom. The summed E-state index contributed by atoms with van der Waals surface area (Å²) in [5.74, 6) is -0.351. The quantitative estimate of drug-likeness (QED) is 0.330. The molecule has 4 rings (SSSR count). The van der Waals surface area contributed by atoms with Crippen molar-refractivity contribution in [2.24, 2.45) is 0 Å². The molecule has 0 N–H and O–H groups in total. The molecular formula is C31H37FN2O7. The summed E-state index contributed by atoms with van der Waals surface area (Å²) in [7, 11) is 2.82. The van der Waals surface area contributed by atoms with Gasteiger partial charge in [0.05, 0.1) is 49.6 Å². The van der Waals surface area contributed by atoms with Crippen LogP contribution in [-0.4, -0.2) is 73.2 Å². The number of esters is 1. The molecule has 0 radical (unpaired) electrons. The van der Waals surface area contributed by atoms with Crippen LogP contribution in [0.3, 0.4) is 0 Å². The topological polar surface area (TPSA) is 96.3 Å². The van der Waals surface area contributed by atoms with Crippen LogP contribution in [0.25, 0.3) is 10.9 Å². The summed E-state index contributed by atoms with van der Waals surface area (Å²) in [4.78, 5) is 41.1. The Kier molecular flexibility index (Phi) is 9.01. The van der Waals surface area contributed by atoms with Crippen molar-refractivity contribution in [1.82, 2.24) is 9.47 Å². The first-order valence-corrected chi connectivity index (χ1v) is 13.6. The van der Waals surface area contributed by atoms with E-state index in [2.05, 4.69) is 0 Å². The summed E-state index contributed by atoms with van der Waals surface area (Å²) in [5, 5.41) is 0.563. The second-order valence-electron chi connectivity index (χ2n) is 11.0. The second-order valence-corrected chi connectivity index (χ2v) is 11.0. The molecule has 1 amide bonds. The van der Waals surface area contributed by atoms with Crippen LogP contribution in [0.5, 0.6) is 5.75 Å². The number of ether oxygens (including phenoxy) is 4. The summed E-state index contributed by atoms with van der Waals surface area (Å²) < 4.78 is 36.1. The molecule has 1 saturated heterocycles. The van der Waals surface area contributed by atoms with Crippen LogP contribution in [-0.2, 0) is 14.2 Å². The van der Waals surface area contributed by atoms with Gasteiger partial charge in [0.1, 0.15) is 18.0 Å². The van der Waals surface area contributed by atoms with Crippen molar-refractivity contribution in [2.45, 2.75) is 58.3 Å². The van der Waals surface area contributed by atoms with Gasteiger partial charge in [0.15, 0.2) is 0 Å². The predicted molar refractivity (Wildman–Crippen MR) is 151 cm³/mol. The Bertz CT molecular complexity index is 1420. The third-order valence-corrected chi connectivity index (χ3v) is 7.11. The lowest BCUT2D eigenvalue weighted by Crippen LogP contribution is -2.43. The lowest BCUT2D eigenvalue weighted by Gasteiger charge is -2.40. The molecule has 0 bridgehead atoms. The van der Waals surface area contributed by atoms with Crippen LogP contribution < -0.4 is 4.74 Å². The highest BCUT2D eigenvalue weighted by Crippen LogP contribution is 2.38. The number of carbonyl (C=O) groups excluding carboxylic acids is 3. The van der Waals surface area contributed by atoms with Crippen molar-refractivity contribution >= 4 is 28.9 Å². The van der Waals surface area contributed by atoms with Gasteiger partial charge in [-0.15, -0.1) is 0 Å². The van der Waals surface area contributed by atoms with E-state index in [0.29, 0.717) is 47.2 Å². The van der Waals surface area contributed by atoms with Gasteiger partial charge in [-0.25, -0.2) is 14.0 Å². The van der Waals surface area contributed by atoms with Crippen molar-refractivity contribution < 1.29 is 37.7 Å². The molecule has 41 heavy (non-hydrogen) atoms. The Labute approximate surface area is 239 Å². The zero-order valence-electron chi connectivity index (χ0n) is 24.4. The molecule has 1 aliphatic rings. The van der Waals surface area contributed by atoms with Crippen LogP contribution in [0.4, 0.5) is 9.18 Å². The molecule has 1 fully saturated rings. The molecule has 1 aromatic heterocycles. The normalized spacial score (nSPS) is 17.4. The number of hydrogen-bond acceptors (Lipinski definition) is 7. The van der Waals surface area contributed by atoms with E-state index in [4.69, 9.17) is 18.9 Å². The number of halogens is 1. The van der Waals surface area contributed by atoms with Crippen molar-refractivity contribution in [2.75, 3.05) is 34.0 Å². The van der Waals surface area contributed by atoms with Gasteiger partial charge in [0, 0.05) is 18.1 Å². The fourth-order valence-electron chi connectivity index (χ4n) is 5.31. The first kappa shape index (κ1) is 30.0. The number of rotatable bonds is 7. The van der Waals surface area contributed by atoms with Crippen molar-refractivity contribution in [3.63, 3.8) is 0 Å². The molecule has 0 saturated carbocycles. The maximum Gasteiger partial charge on any atom is 0.419 e. The van der Waals surface area contributed by atoms with E-state index in [-0.39, 0.29) is 18.6 Å². The van der Waals surface area contributed by atoms with Gasteiger partial charge in [-0.05, 0) is 75.9 Å². The summed E-state index contributed by atoms with van der Waals surface area (Å²) in [6.45, 7) is 6.96. The highest BCUT2D eigenvalue weighted by atomic mass is 19.1. The lowest BCUT2D eigenvalue weighted by atomic mass is 9.91. The van der Waals surface area contributed by atoms with E-state index in [1.165, 1.54) is 18.8 Å². The van der Waals surface area contributed by atoms with Gasteiger partial charge >= 0.3 is 12.1 Å². The standard InChI is InChI=1S/C31H37FN2O7/c1-19-17-25(38-5)26(23-12-15-34(27(19)23)30(37)41-31(2,3)4)28(35)33-14-11-22(40-16-13-32)18-24(33)20-7-9-21(10-8-20)29(36)39-6/h7-10,12,15,17,22,24H,11,13-14,16,18H2,1-6H3/t22-,24+/m1/s1. The first-order valence-electron chi connectivity index (χ1n) is 13.6. The summed E-state index contributed by atoms with van der Waals surface area (Å²) >= 11 is 0. The summed E-state index contributed by atoms with van der Waals surface area (Å²) in [6.07, 6.45) is 1.78. The van der Waals surface area contributed by atoms with E-state index < -0.39 is 30.4 Å². The smallest absolute Gasteiger partial charge is 0.419 e. The third kappa shape index (κ3) is 6.37. The minimum absolute atomic E-state index is 0.0167. The number of carbonyl (C=O) groups is 3. The van der Waals surface area contributed by atoms with Crippen LogP contribution in [0.2, 0.25) is 0 Å². The SMILES string of the molecule is COC(=O)c1ccc([C@@H]2C[C@H](OCCF)CCN2C(=O)c2c(OC)cc(C)c3c2ccn3C(=O)OC(C)(C)C)cc1. The zero-order chi connectivity index (χ0) is 29.9. The first-order chi connectivity index (χ1) is 19.5. The molecule has 0 spiro atoms. The van der Waals surface area contributed by atoms with Crippen LogP contribution in [0.1, 0.15) is 71.5 Å². The molecule has 2 aromatic carbocycles. The van der Waals surface area contributed by atoms with E-state index in [9.17, 15) is 18.8 Å². The number of nitrogens with zero attached hydrogens (tertiary/aromatic N) is 2. The molecule has 10 heteroatoms. The Hall–Kier alpha value is -3.92. The van der Waals surface area contributed by atoms with Crippen LogP contribution in [0, 0.1) is 6.92 Å². The van der Waals surface area contributed by atoms with Gasteiger partial charge in [-0.2, -0.15) is 0 Å². The van der Waals surface area contributed by atoms with Gasteiger partial charge in [0.25, 0.3) is 5.91 Å². The largest absolute Gasteiger partial charge is 0.496 e. The average molecular weight is 569 g/mol. The van der Waals surface area contributed by atoms with Gasteiger partial charge in [-0.3, -0.25) is 9.36 Å². The van der Waals surface area contributed by atoms with E-state index in [1.54, 1.807) is 68.3 Å². The molecule has 0 aliphatic carbocycles. The fraction of sp³-hybridized carbons (Fsp3) is 0.452. The number of methoxy groups -OCH3 is 2. The third-order valence-electron chi connectivity index (χ3n) is 7.11. The van der Waals surface area contributed by atoms with Crippen molar-refractivity contribution in [3.8, 4) is 5.75 Å². The Morgan fingerprint density at radius 1 is 1.07 bits per heavy atom. The number of hydrogen-bond donors (Lipinski definition) is 0. The molecule has 1 aliphatic heterocycles.